The second-order valence-electron chi connectivity index (χ2n) is 6.89. The fourth-order valence-electron chi connectivity index (χ4n) is 3.38. The monoisotopic (exact) mass is 407 g/mol. The van der Waals surface area contributed by atoms with Crippen LogP contribution in [0, 0.1) is 0 Å². The first kappa shape index (κ1) is 20.7. The number of imide groups is 1. The average molecular weight is 408 g/mol. The molecule has 0 saturated carbocycles. The van der Waals surface area contributed by atoms with Gasteiger partial charge in [-0.15, -0.1) is 6.58 Å². The van der Waals surface area contributed by atoms with E-state index in [-0.39, 0.29) is 18.2 Å². The zero-order valence-electron chi connectivity index (χ0n) is 16.5. The molecule has 1 fully saturated rings. The fraction of sp³-hybridized carbons (Fsp3) is 0.261. The Labute approximate surface area is 177 Å². The number of nitrogens with one attached hydrogen (secondary N) is 1. The summed E-state index contributed by atoms with van der Waals surface area (Å²) in [6.45, 7) is 6.77. The molecule has 6 heteroatoms. The van der Waals surface area contributed by atoms with Crippen LogP contribution in [0.4, 0.5) is 5.69 Å². The van der Waals surface area contributed by atoms with Gasteiger partial charge in [-0.05, 0) is 41.9 Å². The van der Waals surface area contributed by atoms with Crippen molar-refractivity contribution in [2.24, 2.45) is 0 Å². The number of benzene rings is 2. The van der Waals surface area contributed by atoms with Crippen molar-refractivity contribution in [2.45, 2.75) is 32.4 Å². The van der Waals surface area contributed by atoms with E-state index in [0.29, 0.717) is 23.9 Å². The zero-order chi connectivity index (χ0) is 20.8. The molecule has 1 atom stereocenters. The van der Waals surface area contributed by atoms with E-state index >= 15 is 0 Å². The van der Waals surface area contributed by atoms with Gasteiger partial charge in [0.15, 0.2) is 5.11 Å². The van der Waals surface area contributed by atoms with Crippen LogP contribution in [0.15, 0.2) is 67.3 Å². The molecule has 2 amide bonds. The molecule has 2 aromatic rings. The third-order valence-corrected chi connectivity index (χ3v) is 5.35. The third kappa shape index (κ3) is 4.71. The summed E-state index contributed by atoms with van der Waals surface area (Å²) in [6, 6.07) is 16.8. The molecule has 0 aromatic heterocycles. The van der Waals surface area contributed by atoms with Gasteiger partial charge in [0.1, 0.15) is 6.04 Å². The van der Waals surface area contributed by atoms with Crippen LogP contribution in [0.2, 0.25) is 0 Å². The molecular weight excluding hydrogens is 382 g/mol. The highest BCUT2D eigenvalue weighted by atomic mass is 32.1. The molecule has 0 spiro atoms. The highest BCUT2D eigenvalue weighted by Crippen LogP contribution is 2.26. The first-order valence-electron chi connectivity index (χ1n) is 9.70. The fourth-order valence-corrected chi connectivity index (χ4v) is 3.65. The van der Waals surface area contributed by atoms with Crippen molar-refractivity contribution in [1.82, 2.24) is 10.2 Å². The van der Waals surface area contributed by atoms with Gasteiger partial charge < -0.3 is 10.2 Å². The Morgan fingerprint density at radius 2 is 1.86 bits per heavy atom. The average Bonchev–Trinajstić information content (AvgIpc) is 3.04. The Morgan fingerprint density at radius 1 is 1.17 bits per heavy atom. The second kappa shape index (κ2) is 9.47. The SMILES string of the molecule is C=CCN(C(=S)NCc1ccccc1)C1CC(=O)N(c2ccc(CC)cc2)C1=O. The summed E-state index contributed by atoms with van der Waals surface area (Å²) in [6.07, 6.45) is 2.68. The van der Waals surface area contributed by atoms with Crippen LogP contribution in [0.25, 0.3) is 0 Å². The quantitative estimate of drug-likeness (QED) is 0.433. The van der Waals surface area contributed by atoms with E-state index in [2.05, 4.69) is 18.8 Å². The molecule has 1 heterocycles. The van der Waals surface area contributed by atoms with E-state index in [4.69, 9.17) is 12.2 Å². The normalized spacial score (nSPS) is 16.0. The number of nitrogens with zero attached hydrogens (tertiary/aromatic N) is 2. The van der Waals surface area contributed by atoms with Crippen LogP contribution in [0.5, 0.6) is 0 Å². The van der Waals surface area contributed by atoms with Crippen LogP contribution in [0.1, 0.15) is 24.5 Å². The van der Waals surface area contributed by atoms with Gasteiger partial charge in [0.25, 0.3) is 5.91 Å². The maximum absolute atomic E-state index is 13.1. The van der Waals surface area contributed by atoms with Crippen molar-refractivity contribution in [3.63, 3.8) is 0 Å². The van der Waals surface area contributed by atoms with Crippen LogP contribution in [0.3, 0.4) is 0 Å². The Kier molecular flexibility index (Phi) is 6.77. The van der Waals surface area contributed by atoms with Gasteiger partial charge in [-0.2, -0.15) is 0 Å². The summed E-state index contributed by atoms with van der Waals surface area (Å²) in [5.41, 5.74) is 2.84. The molecule has 1 saturated heterocycles. The zero-order valence-corrected chi connectivity index (χ0v) is 17.3. The molecular formula is C23H25N3O2S. The van der Waals surface area contributed by atoms with Crippen molar-refractivity contribution in [3.05, 3.63) is 78.4 Å². The predicted octanol–water partition coefficient (Wildman–Crippen LogP) is 3.44. The summed E-state index contributed by atoms with van der Waals surface area (Å²) < 4.78 is 0. The maximum atomic E-state index is 13.1. The van der Waals surface area contributed by atoms with E-state index in [9.17, 15) is 9.59 Å². The molecule has 1 aliphatic rings. The molecule has 1 aliphatic heterocycles. The summed E-state index contributed by atoms with van der Waals surface area (Å²) in [7, 11) is 0. The third-order valence-electron chi connectivity index (χ3n) is 4.98. The number of thiocarbonyl (C=S) groups is 1. The van der Waals surface area contributed by atoms with E-state index in [1.807, 2.05) is 54.6 Å². The van der Waals surface area contributed by atoms with E-state index < -0.39 is 6.04 Å². The number of hydrogen-bond acceptors (Lipinski definition) is 3. The van der Waals surface area contributed by atoms with Crippen LogP contribution in [-0.2, 0) is 22.6 Å². The molecule has 0 aliphatic carbocycles. The minimum atomic E-state index is -0.637. The van der Waals surface area contributed by atoms with Gasteiger partial charge in [0.05, 0.1) is 12.1 Å². The topological polar surface area (TPSA) is 52.7 Å². The molecule has 2 aromatic carbocycles. The second-order valence-corrected chi connectivity index (χ2v) is 7.28. The van der Waals surface area contributed by atoms with Gasteiger partial charge in [-0.25, -0.2) is 4.90 Å². The number of carbonyl (C=O) groups excluding carboxylic acids is 2. The lowest BCUT2D eigenvalue weighted by Gasteiger charge is -2.29. The Hall–Kier alpha value is -2.99. The van der Waals surface area contributed by atoms with Crippen LogP contribution in [-0.4, -0.2) is 34.4 Å². The van der Waals surface area contributed by atoms with Crippen LogP contribution >= 0.6 is 12.2 Å². The molecule has 3 rings (SSSR count). The standard InChI is InChI=1S/C23H25N3O2S/c1-3-14-25(23(29)24-16-18-8-6-5-7-9-18)20-15-21(27)26(22(20)28)19-12-10-17(4-2)11-13-19/h3,5-13,20H,1,4,14-16H2,2H3,(H,24,29). The lowest BCUT2D eigenvalue weighted by Crippen LogP contribution is -2.49. The van der Waals surface area contributed by atoms with Crippen molar-refractivity contribution < 1.29 is 9.59 Å². The first-order valence-corrected chi connectivity index (χ1v) is 10.1. The highest BCUT2D eigenvalue weighted by molar-refractivity contribution is 7.80. The number of hydrogen-bond donors (Lipinski definition) is 1. The van der Waals surface area contributed by atoms with Crippen molar-refractivity contribution in [1.29, 1.82) is 0 Å². The van der Waals surface area contributed by atoms with Gasteiger partial charge in [-0.1, -0.05) is 55.5 Å². The van der Waals surface area contributed by atoms with Gasteiger partial charge in [0, 0.05) is 13.1 Å². The minimum Gasteiger partial charge on any atom is -0.358 e. The summed E-state index contributed by atoms with van der Waals surface area (Å²) in [5, 5.41) is 3.63. The predicted molar refractivity (Wildman–Crippen MR) is 120 cm³/mol. The van der Waals surface area contributed by atoms with Crippen LogP contribution < -0.4 is 10.2 Å². The number of aryl methyl sites for hydroxylation is 1. The highest BCUT2D eigenvalue weighted by Gasteiger charge is 2.43. The van der Waals surface area contributed by atoms with E-state index in [0.717, 1.165) is 17.5 Å². The van der Waals surface area contributed by atoms with Gasteiger partial charge >= 0.3 is 0 Å². The first-order chi connectivity index (χ1) is 14.0. The van der Waals surface area contributed by atoms with Gasteiger partial charge in [-0.3, -0.25) is 9.59 Å². The van der Waals surface area contributed by atoms with E-state index in [1.165, 1.54) is 4.90 Å². The van der Waals surface area contributed by atoms with Crippen molar-refractivity contribution in [3.8, 4) is 0 Å². The molecule has 0 radical (unpaired) electrons. The molecule has 5 nitrogen and oxygen atoms in total. The largest absolute Gasteiger partial charge is 0.358 e. The lowest BCUT2D eigenvalue weighted by atomic mass is 10.1. The van der Waals surface area contributed by atoms with E-state index in [1.54, 1.807) is 11.0 Å². The number of anilines is 1. The summed E-state index contributed by atoms with van der Waals surface area (Å²) in [5.74, 6) is -0.478. The van der Waals surface area contributed by atoms with Crippen molar-refractivity contribution in [2.75, 3.05) is 11.4 Å². The summed E-state index contributed by atoms with van der Waals surface area (Å²) in [4.78, 5) is 28.8. The molecule has 0 bridgehead atoms. The summed E-state index contributed by atoms with van der Waals surface area (Å²) >= 11 is 5.54. The number of amides is 2. The molecule has 1 N–H and O–H groups in total. The smallest absolute Gasteiger partial charge is 0.257 e. The molecule has 29 heavy (non-hydrogen) atoms. The Morgan fingerprint density at radius 3 is 2.48 bits per heavy atom. The lowest BCUT2D eigenvalue weighted by molar-refractivity contribution is -0.122. The molecule has 150 valence electrons. The number of rotatable bonds is 7. The molecule has 1 unspecified atom stereocenters. The Balaban J connectivity index is 1.74. The van der Waals surface area contributed by atoms with Gasteiger partial charge in [0.2, 0.25) is 5.91 Å². The minimum absolute atomic E-state index is 0.0926. The Bertz CT molecular complexity index is 896. The maximum Gasteiger partial charge on any atom is 0.257 e. The van der Waals surface area contributed by atoms with Crippen molar-refractivity contribution >= 4 is 34.8 Å². The number of carbonyl (C=O) groups is 2.